The number of amides is 4. The van der Waals surface area contributed by atoms with Crippen LogP contribution < -0.4 is 24.4 Å². The van der Waals surface area contributed by atoms with Gasteiger partial charge in [0.05, 0.1) is 9.26 Å². The van der Waals surface area contributed by atoms with E-state index in [2.05, 4.69) is 27.9 Å². The van der Waals surface area contributed by atoms with Gasteiger partial charge in [-0.1, -0.05) is 35.9 Å². The minimum Gasteiger partial charge on any atom is -0.488 e. The molecule has 9 heteroatoms. The third kappa shape index (κ3) is 4.72. The van der Waals surface area contributed by atoms with Crippen LogP contribution in [0.3, 0.4) is 0 Å². The number of nitrogens with one attached hydrogen (secondary N) is 1. The number of anilines is 1. The van der Waals surface area contributed by atoms with E-state index in [9.17, 15) is 14.4 Å². The molecule has 1 fully saturated rings. The third-order valence-electron chi connectivity index (χ3n) is 5.50. The first-order chi connectivity index (χ1) is 16.9. The Morgan fingerprint density at radius 1 is 1.00 bits per heavy atom. The Morgan fingerprint density at radius 2 is 1.77 bits per heavy atom. The number of fused-ring (bicyclic) bond motifs is 1. The smallest absolute Gasteiger partial charge is 0.335 e. The van der Waals surface area contributed by atoms with Crippen LogP contribution in [0, 0.1) is 10.5 Å². The molecular formula is C26H19IN2O6. The summed E-state index contributed by atoms with van der Waals surface area (Å²) >= 11 is 2.14. The molecule has 1 N–H and O–H groups in total. The van der Waals surface area contributed by atoms with E-state index in [1.807, 2.05) is 31.2 Å². The molecule has 2 aliphatic rings. The van der Waals surface area contributed by atoms with Gasteiger partial charge < -0.3 is 14.2 Å². The molecule has 2 heterocycles. The van der Waals surface area contributed by atoms with Crippen molar-refractivity contribution in [3.63, 3.8) is 0 Å². The van der Waals surface area contributed by atoms with Crippen LogP contribution in [-0.4, -0.2) is 24.6 Å². The predicted molar refractivity (Wildman–Crippen MR) is 136 cm³/mol. The van der Waals surface area contributed by atoms with Crippen LogP contribution in [0.1, 0.15) is 16.7 Å². The van der Waals surface area contributed by atoms with Crippen LogP contribution in [-0.2, 0) is 16.2 Å². The number of benzene rings is 3. The molecule has 5 rings (SSSR count). The SMILES string of the molecule is Cc1ccc(COc2ccc(/C=C3\C(=O)NC(=O)N(c4ccc5c(c4)OCO5)C3=O)cc2I)cc1. The molecule has 0 atom stereocenters. The van der Waals surface area contributed by atoms with Gasteiger partial charge in [-0.25, -0.2) is 9.69 Å². The number of aryl methyl sites for hydroxylation is 1. The van der Waals surface area contributed by atoms with Gasteiger partial charge in [0.15, 0.2) is 11.5 Å². The number of halogens is 1. The van der Waals surface area contributed by atoms with Crippen molar-refractivity contribution in [3.05, 3.63) is 86.5 Å². The predicted octanol–water partition coefficient (Wildman–Crippen LogP) is 4.57. The molecule has 35 heavy (non-hydrogen) atoms. The molecule has 0 saturated carbocycles. The first kappa shape index (κ1) is 22.9. The van der Waals surface area contributed by atoms with E-state index in [0.717, 1.165) is 14.0 Å². The van der Waals surface area contributed by atoms with Crippen molar-refractivity contribution in [2.75, 3.05) is 11.7 Å². The van der Waals surface area contributed by atoms with E-state index in [1.165, 1.54) is 17.7 Å². The highest BCUT2D eigenvalue weighted by Gasteiger charge is 2.37. The topological polar surface area (TPSA) is 94.2 Å². The highest BCUT2D eigenvalue weighted by atomic mass is 127. The molecule has 2 aliphatic heterocycles. The average molecular weight is 582 g/mol. The van der Waals surface area contributed by atoms with E-state index >= 15 is 0 Å². The summed E-state index contributed by atoms with van der Waals surface area (Å²) in [6, 6.07) is 17.3. The lowest BCUT2D eigenvalue weighted by molar-refractivity contribution is -0.122. The monoisotopic (exact) mass is 582 g/mol. The Kier molecular flexibility index (Phi) is 6.16. The summed E-state index contributed by atoms with van der Waals surface area (Å²) in [5.74, 6) is 0.134. The molecule has 0 aliphatic carbocycles. The minimum atomic E-state index is -0.828. The van der Waals surface area contributed by atoms with E-state index in [1.54, 1.807) is 30.3 Å². The van der Waals surface area contributed by atoms with Crippen molar-refractivity contribution in [1.82, 2.24) is 5.32 Å². The number of hydrogen-bond donors (Lipinski definition) is 1. The van der Waals surface area contributed by atoms with Gasteiger partial charge in [0.25, 0.3) is 11.8 Å². The Morgan fingerprint density at radius 3 is 2.54 bits per heavy atom. The second-order valence-electron chi connectivity index (χ2n) is 7.96. The molecule has 1 saturated heterocycles. The van der Waals surface area contributed by atoms with Crippen molar-refractivity contribution in [3.8, 4) is 17.2 Å². The maximum absolute atomic E-state index is 13.2. The van der Waals surface area contributed by atoms with Gasteiger partial charge >= 0.3 is 6.03 Å². The number of nitrogens with zero attached hydrogens (tertiary/aromatic N) is 1. The Labute approximate surface area is 214 Å². The molecule has 176 valence electrons. The lowest BCUT2D eigenvalue weighted by Gasteiger charge is -2.26. The number of imide groups is 2. The second-order valence-corrected chi connectivity index (χ2v) is 9.12. The van der Waals surface area contributed by atoms with Gasteiger partial charge in [-0.05, 0) is 71.0 Å². The molecule has 4 amide bonds. The standard InChI is InChI=1S/C26H19IN2O6/c1-15-2-4-16(5-3-15)13-33-21-8-6-17(11-20(21)27)10-19-24(30)28-26(32)29(25(19)31)18-7-9-22-23(12-18)35-14-34-22/h2-12H,13-14H2,1H3,(H,28,30,32)/b19-10+. The fraction of sp³-hybridized carbons (Fsp3) is 0.115. The molecule has 0 bridgehead atoms. The zero-order chi connectivity index (χ0) is 24.5. The fourth-order valence-electron chi connectivity index (χ4n) is 3.65. The van der Waals surface area contributed by atoms with E-state index in [4.69, 9.17) is 14.2 Å². The Balaban J connectivity index is 1.37. The quantitative estimate of drug-likeness (QED) is 0.269. The molecule has 3 aromatic carbocycles. The summed E-state index contributed by atoms with van der Waals surface area (Å²) in [4.78, 5) is 39.0. The highest BCUT2D eigenvalue weighted by Crippen LogP contribution is 2.36. The number of barbiturate groups is 1. The van der Waals surface area contributed by atoms with Crippen molar-refractivity contribution >= 4 is 52.2 Å². The Bertz CT molecular complexity index is 1380. The maximum atomic E-state index is 13.2. The largest absolute Gasteiger partial charge is 0.488 e. The van der Waals surface area contributed by atoms with Crippen LogP contribution >= 0.6 is 22.6 Å². The number of ether oxygens (including phenoxy) is 3. The van der Waals surface area contributed by atoms with Gasteiger partial charge in [-0.2, -0.15) is 0 Å². The number of urea groups is 1. The fourth-order valence-corrected chi connectivity index (χ4v) is 4.35. The minimum absolute atomic E-state index is 0.0614. The number of hydrogen-bond acceptors (Lipinski definition) is 6. The van der Waals surface area contributed by atoms with Gasteiger partial charge in [0.1, 0.15) is 17.9 Å². The molecular weight excluding hydrogens is 563 g/mol. The summed E-state index contributed by atoms with van der Waals surface area (Å²) < 4.78 is 17.4. The normalized spacial score (nSPS) is 16.0. The van der Waals surface area contributed by atoms with Gasteiger partial charge in [-0.15, -0.1) is 0 Å². The molecule has 0 spiro atoms. The summed E-state index contributed by atoms with van der Waals surface area (Å²) in [5.41, 5.74) is 2.96. The van der Waals surface area contributed by atoms with Crippen LogP contribution in [0.5, 0.6) is 17.2 Å². The van der Waals surface area contributed by atoms with Crippen LogP contribution in [0.2, 0.25) is 0 Å². The first-order valence-corrected chi connectivity index (χ1v) is 11.8. The number of carbonyl (C=O) groups is 3. The first-order valence-electron chi connectivity index (χ1n) is 10.7. The van der Waals surface area contributed by atoms with Crippen molar-refractivity contribution in [1.29, 1.82) is 0 Å². The van der Waals surface area contributed by atoms with Crippen molar-refractivity contribution in [2.24, 2.45) is 0 Å². The Hall–Kier alpha value is -3.86. The summed E-state index contributed by atoms with van der Waals surface area (Å²) in [6.07, 6.45) is 1.45. The van der Waals surface area contributed by atoms with Gasteiger partial charge in [0.2, 0.25) is 6.79 Å². The maximum Gasteiger partial charge on any atom is 0.335 e. The molecule has 0 unspecified atom stereocenters. The van der Waals surface area contributed by atoms with Crippen molar-refractivity contribution in [2.45, 2.75) is 13.5 Å². The molecule has 8 nitrogen and oxygen atoms in total. The summed E-state index contributed by atoms with van der Waals surface area (Å²) in [7, 11) is 0. The van der Waals surface area contributed by atoms with Crippen LogP contribution in [0.15, 0.2) is 66.2 Å². The second kappa shape index (κ2) is 9.41. The zero-order valence-electron chi connectivity index (χ0n) is 18.5. The lowest BCUT2D eigenvalue weighted by atomic mass is 10.1. The van der Waals surface area contributed by atoms with E-state index in [-0.39, 0.29) is 18.1 Å². The summed E-state index contributed by atoms with van der Waals surface area (Å²) in [6.45, 7) is 2.51. The van der Waals surface area contributed by atoms with Gasteiger partial charge in [-0.3, -0.25) is 14.9 Å². The van der Waals surface area contributed by atoms with E-state index in [0.29, 0.717) is 29.4 Å². The lowest BCUT2D eigenvalue weighted by Crippen LogP contribution is -2.54. The third-order valence-corrected chi connectivity index (χ3v) is 6.34. The van der Waals surface area contributed by atoms with Gasteiger partial charge in [0, 0.05) is 6.07 Å². The van der Waals surface area contributed by atoms with E-state index < -0.39 is 17.8 Å². The van der Waals surface area contributed by atoms with Crippen molar-refractivity contribution < 1.29 is 28.6 Å². The van der Waals surface area contributed by atoms with Crippen LogP contribution in [0.4, 0.5) is 10.5 Å². The zero-order valence-corrected chi connectivity index (χ0v) is 20.7. The highest BCUT2D eigenvalue weighted by molar-refractivity contribution is 14.1. The molecule has 0 radical (unpaired) electrons. The summed E-state index contributed by atoms with van der Waals surface area (Å²) in [5, 5.41) is 2.23. The molecule has 3 aromatic rings. The number of rotatable bonds is 5. The average Bonchev–Trinajstić information content (AvgIpc) is 3.30. The molecule has 0 aromatic heterocycles. The number of carbonyl (C=O) groups excluding carboxylic acids is 3. The van der Waals surface area contributed by atoms with Crippen LogP contribution in [0.25, 0.3) is 6.08 Å².